The lowest BCUT2D eigenvalue weighted by Crippen LogP contribution is -2.43. The number of sulfone groups is 1. The van der Waals surface area contributed by atoms with Gasteiger partial charge < -0.3 is 14.8 Å². The molecule has 0 fully saturated rings. The summed E-state index contributed by atoms with van der Waals surface area (Å²) in [5.74, 6) is 0.309. The van der Waals surface area contributed by atoms with Crippen molar-refractivity contribution in [2.75, 3.05) is 24.8 Å². The Morgan fingerprint density at radius 1 is 1.23 bits per heavy atom. The minimum atomic E-state index is -3.57. The van der Waals surface area contributed by atoms with Gasteiger partial charge in [-0.3, -0.25) is 4.79 Å². The molecule has 1 amide bonds. The summed E-state index contributed by atoms with van der Waals surface area (Å²) in [4.78, 5) is 12.2. The van der Waals surface area contributed by atoms with E-state index < -0.39 is 20.5 Å². The van der Waals surface area contributed by atoms with Crippen molar-refractivity contribution >= 4 is 33.0 Å². The lowest BCUT2D eigenvalue weighted by atomic mass is 10.2. The molecule has 6 nitrogen and oxygen atoms in total. The molecule has 0 atom stereocenters. The van der Waals surface area contributed by atoms with Gasteiger partial charge in [0.15, 0.2) is 21.3 Å². The first-order valence-electron chi connectivity index (χ1n) is 6.73. The van der Waals surface area contributed by atoms with Crippen LogP contribution in [0.5, 0.6) is 11.5 Å². The summed E-state index contributed by atoms with van der Waals surface area (Å²) >= 11 is 6.12. The third-order valence-electron chi connectivity index (χ3n) is 3.56. The second-order valence-electron chi connectivity index (χ2n) is 5.57. The molecule has 1 aliphatic heterocycles. The summed E-state index contributed by atoms with van der Waals surface area (Å²) in [5.41, 5.74) is 0.285. The molecule has 0 radical (unpaired) electrons. The topological polar surface area (TPSA) is 81.7 Å². The molecular weight excluding hydrogens is 330 g/mol. The van der Waals surface area contributed by atoms with Crippen molar-refractivity contribution < 1.29 is 22.7 Å². The number of amides is 1. The second kappa shape index (κ2) is 5.96. The van der Waals surface area contributed by atoms with E-state index in [-0.39, 0.29) is 10.7 Å². The van der Waals surface area contributed by atoms with Crippen molar-refractivity contribution in [3.8, 4) is 11.5 Å². The van der Waals surface area contributed by atoms with Crippen LogP contribution < -0.4 is 14.8 Å². The molecule has 0 saturated carbocycles. The Hall–Kier alpha value is -1.47. The molecule has 22 heavy (non-hydrogen) atoms. The molecule has 0 spiro atoms. The van der Waals surface area contributed by atoms with Crippen LogP contribution in [0, 0.1) is 0 Å². The van der Waals surface area contributed by atoms with Crippen LogP contribution >= 0.6 is 11.6 Å². The van der Waals surface area contributed by atoms with Crippen LogP contribution in [0.25, 0.3) is 0 Å². The number of halogens is 1. The highest BCUT2D eigenvalue weighted by Crippen LogP contribution is 2.38. The minimum absolute atomic E-state index is 0.252. The maximum absolute atomic E-state index is 12.2. The van der Waals surface area contributed by atoms with Crippen LogP contribution in [0.4, 0.5) is 5.69 Å². The molecule has 122 valence electrons. The van der Waals surface area contributed by atoms with Gasteiger partial charge in [-0.2, -0.15) is 0 Å². The summed E-state index contributed by atoms with van der Waals surface area (Å²) in [6, 6.07) is 3.09. The first kappa shape index (κ1) is 16.9. The first-order chi connectivity index (χ1) is 10.1. The predicted octanol–water partition coefficient (Wildman–Crippen LogP) is 2.26. The number of hydrogen-bond acceptors (Lipinski definition) is 5. The van der Waals surface area contributed by atoms with Crippen LogP contribution in [-0.4, -0.2) is 38.5 Å². The molecule has 1 aromatic carbocycles. The van der Waals surface area contributed by atoms with Crippen molar-refractivity contribution in [1.82, 2.24) is 0 Å². The molecule has 1 N–H and O–H groups in total. The van der Waals surface area contributed by atoms with Gasteiger partial charge in [-0.05, 0) is 13.8 Å². The van der Waals surface area contributed by atoms with Crippen molar-refractivity contribution in [2.45, 2.75) is 25.0 Å². The van der Waals surface area contributed by atoms with E-state index in [0.29, 0.717) is 24.7 Å². The standard InChI is InChI=1S/C14H18ClNO5S/c1-14(2,22(3,18)19)13(17)16-10-8-12-11(7-9(10)15)20-5-4-6-21-12/h7-8H,4-6H2,1-3H3,(H,16,17). The van der Waals surface area contributed by atoms with Crippen molar-refractivity contribution in [3.05, 3.63) is 17.2 Å². The number of rotatable bonds is 3. The smallest absolute Gasteiger partial charge is 0.245 e. The average molecular weight is 348 g/mol. The molecule has 0 bridgehead atoms. The van der Waals surface area contributed by atoms with E-state index in [4.69, 9.17) is 21.1 Å². The van der Waals surface area contributed by atoms with Crippen molar-refractivity contribution in [2.24, 2.45) is 0 Å². The monoisotopic (exact) mass is 347 g/mol. The number of nitrogens with one attached hydrogen (secondary N) is 1. The van der Waals surface area contributed by atoms with Crippen LogP contribution in [0.2, 0.25) is 5.02 Å². The zero-order chi connectivity index (χ0) is 16.5. The van der Waals surface area contributed by atoms with Gasteiger partial charge in [0.05, 0.1) is 23.9 Å². The van der Waals surface area contributed by atoms with Crippen LogP contribution in [0.1, 0.15) is 20.3 Å². The lowest BCUT2D eigenvalue weighted by molar-refractivity contribution is -0.117. The van der Waals surface area contributed by atoms with Crippen molar-refractivity contribution in [3.63, 3.8) is 0 Å². The summed E-state index contributed by atoms with van der Waals surface area (Å²) < 4.78 is 32.9. The molecule has 2 rings (SSSR count). The Bertz CT molecular complexity index is 699. The van der Waals surface area contributed by atoms with Gasteiger partial charge in [-0.25, -0.2) is 8.42 Å². The SMILES string of the molecule is CC(C)(C(=O)Nc1cc2c(cc1Cl)OCCCO2)S(C)(=O)=O. The minimum Gasteiger partial charge on any atom is -0.490 e. The largest absolute Gasteiger partial charge is 0.490 e. The Morgan fingerprint density at radius 2 is 1.77 bits per heavy atom. The van der Waals surface area contributed by atoms with E-state index >= 15 is 0 Å². The number of benzene rings is 1. The normalized spacial score (nSPS) is 15.1. The summed E-state index contributed by atoms with van der Waals surface area (Å²) in [5, 5.41) is 2.79. The van der Waals surface area contributed by atoms with Crippen LogP contribution in [0.15, 0.2) is 12.1 Å². The van der Waals surface area contributed by atoms with Crippen LogP contribution in [-0.2, 0) is 14.6 Å². The fourth-order valence-electron chi connectivity index (χ4n) is 1.72. The molecular formula is C14H18ClNO5S. The van der Waals surface area contributed by atoms with E-state index in [9.17, 15) is 13.2 Å². The summed E-state index contributed by atoms with van der Waals surface area (Å²) in [7, 11) is -3.57. The predicted molar refractivity (Wildman–Crippen MR) is 84.6 cm³/mol. The van der Waals surface area contributed by atoms with Gasteiger partial charge in [0.1, 0.15) is 4.75 Å². The second-order valence-corrected chi connectivity index (χ2v) is 8.54. The van der Waals surface area contributed by atoms with Gasteiger partial charge in [-0.15, -0.1) is 0 Å². The zero-order valence-corrected chi connectivity index (χ0v) is 14.2. The number of carbonyl (C=O) groups is 1. The van der Waals surface area contributed by atoms with Gasteiger partial charge in [0.25, 0.3) is 0 Å². The summed E-state index contributed by atoms with van der Waals surface area (Å²) in [6.45, 7) is 3.70. The Labute approximate surface area is 134 Å². The van der Waals surface area contributed by atoms with Crippen molar-refractivity contribution in [1.29, 1.82) is 0 Å². The molecule has 0 unspecified atom stereocenters. The Morgan fingerprint density at radius 3 is 2.32 bits per heavy atom. The maximum Gasteiger partial charge on any atom is 0.245 e. The van der Waals surface area contributed by atoms with E-state index in [1.807, 2.05) is 0 Å². The van der Waals surface area contributed by atoms with E-state index in [1.54, 1.807) is 12.1 Å². The number of carbonyl (C=O) groups excluding carboxylic acids is 1. The molecule has 0 aliphatic carbocycles. The fraction of sp³-hybridized carbons (Fsp3) is 0.500. The highest BCUT2D eigenvalue weighted by atomic mass is 35.5. The molecule has 1 aliphatic rings. The third-order valence-corrected chi connectivity index (χ3v) is 5.91. The van der Waals surface area contributed by atoms with E-state index in [0.717, 1.165) is 12.7 Å². The molecule has 1 aromatic rings. The van der Waals surface area contributed by atoms with Gasteiger partial charge >= 0.3 is 0 Å². The lowest BCUT2D eigenvalue weighted by Gasteiger charge is -2.22. The highest BCUT2D eigenvalue weighted by Gasteiger charge is 2.38. The van der Waals surface area contributed by atoms with E-state index in [1.165, 1.54) is 13.8 Å². The number of hydrogen-bond donors (Lipinski definition) is 1. The van der Waals surface area contributed by atoms with Gasteiger partial charge in [-0.1, -0.05) is 11.6 Å². The average Bonchev–Trinajstić information content (AvgIpc) is 2.62. The van der Waals surface area contributed by atoms with E-state index in [2.05, 4.69) is 5.32 Å². The third kappa shape index (κ3) is 3.30. The number of fused-ring (bicyclic) bond motifs is 1. The molecule has 0 saturated heterocycles. The fourth-order valence-corrected chi connectivity index (χ4v) is 2.31. The maximum atomic E-state index is 12.2. The quantitative estimate of drug-likeness (QED) is 0.907. The van der Waals surface area contributed by atoms with Gasteiger partial charge in [0, 0.05) is 24.8 Å². The Balaban J connectivity index is 2.31. The zero-order valence-electron chi connectivity index (χ0n) is 12.6. The van der Waals surface area contributed by atoms with Gasteiger partial charge in [0.2, 0.25) is 5.91 Å². The summed E-state index contributed by atoms with van der Waals surface area (Å²) in [6.07, 6.45) is 1.76. The Kier molecular flexibility index (Phi) is 4.58. The van der Waals surface area contributed by atoms with Crippen LogP contribution in [0.3, 0.4) is 0 Å². The first-order valence-corrected chi connectivity index (χ1v) is 9.00. The highest BCUT2D eigenvalue weighted by molar-refractivity contribution is 7.92. The number of ether oxygens (including phenoxy) is 2. The number of anilines is 1. The molecule has 0 aromatic heterocycles. The molecule has 1 heterocycles. The molecule has 8 heteroatoms.